The molecule has 17 aromatic rings. The summed E-state index contributed by atoms with van der Waals surface area (Å²) in [7, 11) is 0. The SMILES string of the molecule is CC(C)(C)c1cc(-c2ccc3c(c2)N(c2c(-c4ccccc4)cc(C(C)(C)C)cc2-c2ccccc2)c2cc(-c4ccc5c(c4)C4(c6ccccc6-c6ccccc64)c4ccccc4N5c4ccccc4)cc4c2B3c2ccc(-c3cc(C(C)(C)C)cc(C(C)(C)C)c3)cc2N4c2c(-c3ccccc3)cc(C(C)(C)C)cc2-c2cccc(-c3ccccc3)c2)cc(C(C)(C)C)c1. The summed E-state index contributed by atoms with van der Waals surface area (Å²) in [5, 5.41) is 0. The molecule has 0 atom stereocenters. The van der Waals surface area contributed by atoms with Crippen molar-refractivity contribution in [1.82, 2.24) is 0 Å². The Morgan fingerprint density at radius 2 is 0.489 bits per heavy atom. The molecule has 17 aromatic carbocycles. The van der Waals surface area contributed by atoms with Gasteiger partial charge in [-0.15, -0.1) is 0 Å². The van der Waals surface area contributed by atoms with Crippen LogP contribution in [-0.4, -0.2) is 6.71 Å². The van der Waals surface area contributed by atoms with Gasteiger partial charge in [-0.3, -0.25) is 0 Å². The summed E-state index contributed by atoms with van der Waals surface area (Å²) in [5.41, 5.74) is 45.5. The molecular weight excluding hydrogens is 1580 g/mol. The molecule has 1 spiro atoms. The molecule has 131 heavy (non-hydrogen) atoms. The van der Waals surface area contributed by atoms with Crippen LogP contribution >= 0.6 is 0 Å². The summed E-state index contributed by atoms with van der Waals surface area (Å²) in [6.45, 7) is 42.4. The Bertz CT molecular complexity index is 7210. The predicted octanol–water partition coefficient (Wildman–Crippen LogP) is 33.0. The first-order valence-electron chi connectivity index (χ1n) is 47.1. The zero-order chi connectivity index (χ0) is 90.7. The maximum Gasteiger partial charge on any atom is 0.252 e. The van der Waals surface area contributed by atoms with E-state index in [2.05, 4.69) is 515 Å². The largest absolute Gasteiger partial charge is 0.310 e. The average molecular weight is 1700 g/mol. The van der Waals surface area contributed by atoms with E-state index >= 15 is 0 Å². The molecule has 0 aromatic heterocycles. The number of fused-ring (bicyclic) bond motifs is 13. The van der Waals surface area contributed by atoms with E-state index in [1.165, 1.54) is 99.8 Å². The van der Waals surface area contributed by atoms with E-state index in [4.69, 9.17) is 0 Å². The maximum atomic E-state index is 2.80. The van der Waals surface area contributed by atoms with Crippen molar-refractivity contribution in [3.8, 4) is 100 Å². The molecule has 3 heterocycles. The molecule has 4 heteroatoms. The number of rotatable bonds is 11. The van der Waals surface area contributed by atoms with Gasteiger partial charge in [0.25, 0.3) is 6.71 Å². The van der Waals surface area contributed by atoms with Gasteiger partial charge in [0.15, 0.2) is 0 Å². The van der Waals surface area contributed by atoms with Gasteiger partial charge in [-0.2, -0.15) is 0 Å². The lowest BCUT2D eigenvalue weighted by Crippen LogP contribution is -2.61. The number of benzene rings is 17. The standard InChI is InChI=1S/C127H116BN3/c1-121(2,3)93-66-90(67-94(75-93)122(4,5)6)87-59-62-110-114(71-87)130(119-102(82-43-26-20-27-44-82)77-97(125(13,14)15)78-103(119)83-45-28-21-29-46-83)116-73-92(86-61-64-113-109(70-86)127(106-55-36-34-53-100(106)101-54-35-37-56-107(101)127)108-57-38-39-58-112(108)129(113)99-51-32-23-33-52-99)74-117-118(116)128(110)111-63-60-88(91-68-95(123(7,8)9)76-96(69-91)124(10,11)12)72-115(111)131(117)120-104(84-47-30-22-31-48-84)79-98(126(16,17)18)80-105(120)89-50-40-49-85(65-89)81-41-24-19-25-42-81/h19-80H,1-18H3. The number of hydrogen-bond acceptors (Lipinski definition) is 3. The van der Waals surface area contributed by atoms with Gasteiger partial charge in [0.05, 0.1) is 28.2 Å². The quantitative estimate of drug-likeness (QED) is 0.120. The van der Waals surface area contributed by atoms with Gasteiger partial charge in [-0.1, -0.05) is 416 Å². The second-order valence-corrected chi connectivity index (χ2v) is 43.3. The Balaban J connectivity index is 0.979. The minimum absolute atomic E-state index is 0.146. The van der Waals surface area contributed by atoms with Crippen molar-refractivity contribution in [3.63, 3.8) is 0 Å². The molecule has 0 saturated heterocycles. The molecular formula is C127H116BN3. The third-order valence-corrected chi connectivity index (χ3v) is 28.5. The van der Waals surface area contributed by atoms with Gasteiger partial charge in [0.1, 0.15) is 0 Å². The number of para-hydroxylation sites is 2. The van der Waals surface area contributed by atoms with Crippen LogP contribution in [0, 0.1) is 0 Å². The van der Waals surface area contributed by atoms with Crippen molar-refractivity contribution in [2.45, 2.75) is 163 Å². The summed E-state index contributed by atoms with van der Waals surface area (Å²) >= 11 is 0. The highest BCUT2D eigenvalue weighted by molar-refractivity contribution is 7.00. The molecule has 0 unspecified atom stereocenters. The Hall–Kier alpha value is -13.8. The predicted molar refractivity (Wildman–Crippen MR) is 562 cm³/mol. The number of anilines is 9. The van der Waals surface area contributed by atoms with Crippen molar-refractivity contribution in [2.24, 2.45) is 0 Å². The Morgan fingerprint density at radius 1 is 0.183 bits per heavy atom. The van der Waals surface area contributed by atoms with Crippen molar-refractivity contribution in [3.05, 3.63) is 432 Å². The molecule has 3 aliphatic heterocycles. The molecule has 21 rings (SSSR count). The van der Waals surface area contributed by atoms with Crippen molar-refractivity contribution >= 4 is 74.3 Å². The van der Waals surface area contributed by atoms with Crippen LogP contribution in [0.5, 0.6) is 0 Å². The van der Waals surface area contributed by atoms with E-state index in [0.29, 0.717) is 0 Å². The fourth-order valence-corrected chi connectivity index (χ4v) is 21.3. The zero-order valence-electron chi connectivity index (χ0n) is 79.2. The highest BCUT2D eigenvalue weighted by Gasteiger charge is 2.53. The number of nitrogens with zero attached hydrogens (tertiary/aromatic N) is 3. The van der Waals surface area contributed by atoms with Crippen molar-refractivity contribution in [1.29, 1.82) is 0 Å². The van der Waals surface area contributed by atoms with Crippen molar-refractivity contribution in [2.75, 3.05) is 14.7 Å². The van der Waals surface area contributed by atoms with Crippen LogP contribution in [0.1, 0.15) is 180 Å². The lowest BCUT2D eigenvalue weighted by molar-refractivity contribution is 0.568. The van der Waals surface area contributed by atoms with E-state index in [9.17, 15) is 0 Å². The fraction of sp³-hybridized carbons (Fsp3) is 0.197. The Morgan fingerprint density at radius 3 is 0.908 bits per heavy atom. The number of hydrogen-bond donors (Lipinski definition) is 0. The summed E-state index contributed by atoms with van der Waals surface area (Å²) in [4.78, 5) is 8.13. The lowest BCUT2D eigenvalue weighted by Gasteiger charge is -2.46. The van der Waals surface area contributed by atoms with Gasteiger partial charge in [0.2, 0.25) is 0 Å². The van der Waals surface area contributed by atoms with Crippen LogP contribution < -0.4 is 31.1 Å². The average Bonchev–Trinajstić information content (AvgIpc) is 1.66. The maximum absolute atomic E-state index is 2.80. The van der Waals surface area contributed by atoms with Gasteiger partial charge in [-0.05, 0) is 267 Å². The summed E-state index contributed by atoms with van der Waals surface area (Å²) < 4.78 is 0. The van der Waals surface area contributed by atoms with Crippen LogP contribution in [0.15, 0.2) is 376 Å². The second-order valence-electron chi connectivity index (χ2n) is 43.3. The minimum Gasteiger partial charge on any atom is -0.310 e. The molecule has 3 nitrogen and oxygen atoms in total. The summed E-state index contributed by atoms with van der Waals surface area (Å²) in [5.74, 6) is 0. The monoisotopic (exact) mass is 1690 g/mol. The molecule has 642 valence electrons. The van der Waals surface area contributed by atoms with E-state index in [-0.39, 0.29) is 39.2 Å². The summed E-state index contributed by atoms with van der Waals surface area (Å²) in [6.07, 6.45) is 0. The van der Waals surface area contributed by atoms with Crippen molar-refractivity contribution < 1.29 is 0 Å². The molecule has 4 aliphatic rings. The molecule has 0 amide bonds. The van der Waals surface area contributed by atoms with Gasteiger partial charge >= 0.3 is 0 Å². The Labute approximate surface area is 778 Å². The Kier molecular flexibility index (Phi) is 20.0. The van der Waals surface area contributed by atoms with Crippen LogP contribution in [0.25, 0.3) is 100 Å². The van der Waals surface area contributed by atoms with E-state index in [1.807, 2.05) is 0 Å². The smallest absolute Gasteiger partial charge is 0.252 e. The molecule has 0 N–H and O–H groups in total. The molecule has 1 aliphatic carbocycles. The highest BCUT2D eigenvalue weighted by Crippen LogP contribution is 2.65. The lowest BCUT2D eigenvalue weighted by atomic mass is 9.33. The molecule has 0 saturated carbocycles. The molecule has 0 fully saturated rings. The van der Waals surface area contributed by atoms with Crippen LogP contribution in [0.4, 0.5) is 51.2 Å². The first-order chi connectivity index (χ1) is 62.7. The van der Waals surface area contributed by atoms with Crippen LogP contribution in [0.2, 0.25) is 0 Å². The first-order valence-corrected chi connectivity index (χ1v) is 47.1. The topological polar surface area (TPSA) is 9.72 Å². The second kappa shape index (κ2) is 31.2. The summed E-state index contributed by atoms with van der Waals surface area (Å²) in [6, 6.07) is 147. The third kappa shape index (κ3) is 14.4. The van der Waals surface area contributed by atoms with Crippen LogP contribution in [-0.2, 0) is 37.9 Å². The molecule has 0 bridgehead atoms. The van der Waals surface area contributed by atoms with Gasteiger partial charge in [0, 0.05) is 50.7 Å². The van der Waals surface area contributed by atoms with E-state index in [1.54, 1.807) is 0 Å². The normalized spacial score (nSPS) is 13.7. The first kappa shape index (κ1) is 84.1. The molecule has 0 radical (unpaired) electrons. The van der Waals surface area contributed by atoms with Gasteiger partial charge in [-0.25, -0.2) is 0 Å². The van der Waals surface area contributed by atoms with E-state index < -0.39 is 5.41 Å². The van der Waals surface area contributed by atoms with Gasteiger partial charge < -0.3 is 14.7 Å². The van der Waals surface area contributed by atoms with E-state index in [0.717, 1.165) is 124 Å². The highest BCUT2D eigenvalue weighted by atomic mass is 15.2. The minimum atomic E-state index is -0.752. The fourth-order valence-electron chi connectivity index (χ4n) is 21.3. The van der Waals surface area contributed by atoms with Crippen LogP contribution in [0.3, 0.4) is 0 Å². The third-order valence-electron chi connectivity index (χ3n) is 28.5. The zero-order valence-corrected chi connectivity index (χ0v) is 79.2.